The minimum absolute atomic E-state index is 0.0338. The molecule has 0 saturated heterocycles. The summed E-state index contributed by atoms with van der Waals surface area (Å²) < 4.78 is 23.3. The smallest absolute Gasteiger partial charge is 0.176 e. The van der Waals surface area contributed by atoms with Gasteiger partial charge in [0.25, 0.3) is 0 Å². The van der Waals surface area contributed by atoms with Crippen LogP contribution >= 0.6 is 0 Å². The Morgan fingerprint density at radius 2 is 2.00 bits per heavy atom. The molecule has 0 aliphatic rings. The Hall–Kier alpha value is -1.75. The van der Waals surface area contributed by atoms with Gasteiger partial charge in [0.2, 0.25) is 0 Å². The number of allylic oxidation sites excluding steroid dienone is 1. The Morgan fingerprint density at radius 1 is 1.41 bits per heavy atom. The molecular formula is C12H14N2O2S. The molecule has 4 nitrogen and oxygen atoms in total. The maximum Gasteiger partial charge on any atom is 0.176 e. The highest BCUT2D eigenvalue weighted by atomic mass is 32.2. The summed E-state index contributed by atoms with van der Waals surface area (Å²) in [5.41, 5.74) is 1.36. The highest BCUT2D eigenvalue weighted by molar-refractivity contribution is 7.90. The molecule has 0 spiro atoms. The lowest BCUT2D eigenvalue weighted by Crippen LogP contribution is -2.09. The minimum Gasteiger partial charge on any atom is -0.307 e. The van der Waals surface area contributed by atoms with Crippen molar-refractivity contribution in [3.63, 3.8) is 0 Å². The molecule has 0 aliphatic carbocycles. The van der Waals surface area contributed by atoms with Crippen LogP contribution in [-0.2, 0) is 9.84 Å². The van der Waals surface area contributed by atoms with Crippen LogP contribution in [-0.4, -0.2) is 26.6 Å². The molecule has 0 unspecified atom stereocenters. The lowest BCUT2D eigenvalue weighted by molar-refractivity contribution is 0.601. The Labute approximate surface area is 101 Å². The van der Waals surface area contributed by atoms with E-state index in [-0.39, 0.29) is 10.6 Å². The van der Waals surface area contributed by atoms with E-state index in [1.807, 2.05) is 0 Å². The Morgan fingerprint density at radius 3 is 2.41 bits per heavy atom. The van der Waals surface area contributed by atoms with Gasteiger partial charge in [0.1, 0.15) is 0 Å². The molecule has 0 heterocycles. The van der Waals surface area contributed by atoms with E-state index in [4.69, 9.17) is 10.8 Å². The van der Waals surface area contributed by atoms with Crippen LogP contribution in [0.15, 0.2) is 29.7 Å². The molecule has 0 aromatic heterocycles. The number of benzene rings is 1. The van der Waals surface area contributed by atoms with Crippen LogP contribution in [0.4, 0.5) is 0 Å². The third kappa shape index (κ3) is 2.68. The molecule has 0 fully saturated rings. The number of sulfone groups is 1. The molecule has 0 radical (unpaired) electrons. The summed E-state index contributed by atoms with van der Waals surface area (Å²) in [6, 6.07) is 4.67. The van der Waals surface area contributed by atoms with Gasteiger partial charge in [0.15, 0.2) is 9.84 Å². The largest absolute Gasteiger partial charge is 0.307 e. The third-order valence-electron chi connectivity index (χ3n) is 2.29. The normalized spacial score (nSPS) is 10.9. The Bertz CT molecular complexity index is 601. The molecule has 1 aromatic rings. The number of hydrogen-bond acceptors (Lipinski definition) is 4. The zero-order valence-electron chi connectivity index (χ0n) is 9.74. The maximum absolute atomic E-state index is 11.7. The van der Waals surface area contributed by atoms with Crippen molar-refractivity contribution in [3.05, 3.63) is 35.9 Å². The highest BCUT2D eigenvalue weighted by Crippen LogP contribution is 2.26. The monoisotopic (exact) mass is 250 g/mol. The van der Waals surface area contributed by atoms with Gasteiger partial charge in [0.05, 0.1) is 10.6 Å². The average molecular weight is 250 g/mol. The zero-order valence-corrected chi connectivity index (χ0v) is 10.6. The second kappa shape index (κ2) is 4.63. The number of nitrogens with one attached hydrogen (secondary N) is 2. The fourth-order valence-electron chi connectivity index (χ4n) is 1.58. The summed E-state index contributed by atoms with van der Waals surface area (Å²) in [7, 11) is -3.38. The van der Waals surface area contributed by atoms with Crippen LogP contribution in [0.25, 0.3) is 5.57 Å². The Balaban J connectivity index is 3.72. The summed E-state index contributed by atoms with van der Waals surface area (Å²) in [5, 5.41) is 14.7. The van der Waals surface area contributed by atoms with Gasteiger partial charge >= 0.3 is 0 Å². The van der Waals surface area contributed by atoms with Gasteiger partial charge in [-0.3, -0.25) is 5.41 Å². The molecule has 17 heavy (non-hydrogen) atoms. The van der Waals surface area contributed by atoms with Crippen LogP contribution in [0, 0.1) is 10.8 Å². The summed E-state index contributed by atoms with van der Waals surface area (Å²) in [6.07, 6.45) is 2.00. The first kappa shape index (κ1) is 13.3. The lowest BCUT2D eigenvalue weighted by atomic mass is 9.99. The van der Waals surface area contributed by atoms with Crippen molar-refractivity contribution in [2.75, 3.05) is 6.26 Å². The molecule has 5 heteroatoms. The van der Waals surface area contributed by atoms with Crippen LogP contribution in [0.2, 0.25) is 0 Å². The van der Waals surface area contributed by atoms with Gasteiger partial charge in [-0.2, -0.15) is 0 Å². The van der Waals surface area contributed by atoms with Crippen molar-refractivity contribution in [1.82, 2.24) is 0 Å². The summed E-state index contributed by atoms with van der Waals surface area (Å²) >= 11 is 0. The molecular weight excluding hydrogens is 236 g/mol. The fraction of sp³-hybridized carbons (Fsp3) is 0.167. The zero-order chi connectivity index (χ0) is 13.2. The van der Waals surface area contributed by atoms with E-state index in [2.05, 4.69) is 6.58 Å². The predicted molar refractivity (Wildman–Crippen MR) is 69.9 cm³/mol. The van der Waals surface area contributed by atoms with Crippen LogP contribution in [0.3, 0.4) is 0 Å². The number of rotatable bonds is 4. The predicted octanol–water partition coefficient (Wildman–Crippen LogP) is 2.14. The second-order valence-corrected chi connectivity index (χ2v) is 5.77. The van der Waals surface area contributed by atoms with E-state index >= 15 is 0 Å². The van der Waals surface area contributed by atoms with Gasteiger partial charge in [0, 0.05) is 23.6 Å². The lowest BCUT2D eigenvalue weighted by Gasteiger charge is -2.12. The first-order chi connectivity index (χ1) is 7.79. The van der Waals surface area contributed by atoms with Crippen molar-refractivity contribution in [2.45, 2.75) is 11.8 Å². The number of hydrogen-bond donors (Lipinski definition) is 2. The van der Waals surface area contributed by atoms with E-state index in [0.29, 0.717) is 16.7 Å². The van der Waals surface area contributed by atoms with Crippen molar-refractivity contribution >= 4 is 27.3 Å². The van der Waals surface area contributed by atoms with E-state index in [1.54, 1.807) is 19.1 Å². The molecule has 0 atom stereocenters. The van der Waals surface area contributed by atoms with E-state index in [9.17, 15) is 8.42 Å². The highest BCUT2D eigenvalue weighted by Gasteiger charge is 2.18. The molecule has 0 aliphatic heterocycles. The van der Waals surface area contributed by atoms with Crippen molar-refractivity contribution in [1.29, 1.82) is 10.8 Å². The Kier molecular flexibility index (Phi) is 3.63. The molecule has 1 rings (SSSR count). The fourth-order valence-corrected chi connectivity index (χ4v) is 2.56. The van der Waals surface area contributed by atoms with Crippen molar-refractivity contribution < 1.29 is 8.42 Å². The molecule has 0 saturated carbocycles. The van der Waals surface area contributed by atoms with Crippen LogP contribution < -0.4 is 0 Å². The van der Waals surface area contributed by atoms with Gasteiger partial charge in [-0.1, -0.05) is 18.7 Å². The first-order valence-electron chi connectivity index (χ1n) is 4.87. The molecule has 1 aromatic carbocycles. The van der Waals surface area contributed by atoms with Gasteiger partial charge in [-0.05, 0) is 18.6 Å². The van der Waals surface area contributed by atoms with Crippen molar-refractivity contribution in [3.8, 4) is 0 Å². The first-order valence-corrected chi connectivity index (χ1v) is 6.76. The second-order valence-electron chi connectivity index (χ2n) is 3.79. The molecule has 0 bridgehead atoms. The quantitative estimate of drug-likeness (QED) is 0.803. The average Bonchev–Trinajstić information content (AvgIpc) is 2.25. The summed E-state index contributed by atoms with van der Waals surface area (Å²) in [4.78, 5) is 0.147. The summed E-state index contributed by atoms with van der Waals surface area (Å²) in [5.74, 6) is 0. The molecule has 2 N–H and O–H groups in total. The van der Waals surface area contributed by atoms with E-state index in [0.717, 1.165) is 12.5 Å². The van der Waals surface area contributed by atoms with Gasteiger partial charge in [-0.25, -0.2) is 8.42 Å². The minimum atomic E-state index is -3.38. The topological polar surface area (TPSA) is 81.8 Å². The molecule has 90 valence electrons. The maximum atomic E-state index is 11.7. The summed E-state index contributed by atoms with van der Waals surface area (Å²) in [6.45, 7) is 5.43. The van der Waals surface area contributed by atoms with E-state index in [1.165, 1.54) is 6.07 Å². The van der Waals surface area contributed by atoms with Crippen molar-refractivity contribution in [2.24, 2.45) is 0 Å². The van der Waals surface area contributed by atoms with Crippen LogP contribution in [0.5, 0.6) is 0 Å². The van der Waals surface area contributed by atoms with E-state index < -0.39 is 9.84 Å². The van der Waals surface area contributed by atoms with Crippen LogP contribution in [0.1, 0.15) is 18.1 Å². The SMILES string of the molecule is C=C(C)c1c(C(=N)C=N)cccc1S(C)(=O)=O. The standard InChI is InChI=1S/C12H14N2O2S/c1-8(2)12-9(10(14)7-13)5-4-6-11(12)17(3,15)16/h4-7,13-14H,1H2,2-3H3. The third-order valence-corrected chi connectivity index (χ3v) is 3.43. The van der Waals surface area contributed by atoms with Gasteiger partial charge in [-0.15, -0.1) is 0 Å². The van der Waals surface area contributed by atoms with Gasteiger partial charge < -0.3 is 5.41 Å². The molecule has 0 amide bonds.